The van der Waals surface area contributed by atoms with Crippen molar-refractivity contribution >= 4 is 61.8 Å². The lowest BCUT2D eigenvalue weighted by Crippen LogP contribution is -2.33. The molecule has 7 aromatic rings. The van der Waals surface area contributed by atoms with Gasteiger partial charge >= 0.3 is 0 Å². The van der Waals surface area contributed by atoms with Crippen molar-refractivity contribution < 1.29 is 0 Å². The highest BCUT2D eigenvalue weighted by Gasteiger charge is 2.32. The van der Waals surface area contributed by atoms with E-state index in [2.05, 4.69) is 168 Å². The van der Waals surface area contributed by atoms with E-state index in [9.17, 15) is 0 Å². The van der Waals surface area contributed by atoms with Gasteiger partial charge in [-0.05, 0) is 99.4 Å². The zero-order valence-corrected chi connectivity index (χ0v) is 25.3. The number of pyridine rings is 1. The van der Waals surface area contributed by atoms with Crippen LogP contribution in [0.2, 0.25) is 0 Å². The normalized spacial score (nSPS) is 14.7. The lowest BCUT2D eigenvalue weighted by Gasteiger charge is -2.37. The van der Waals surface area contributed by atoms with Gasteiger partial charge in [-0.3, -0.25) is 0 Å². The zero-order chi connectivity index (χ0) is 30.5. The van der Waals surface area contributed by atoms with Gasteiger partial charge in [-0.2, -0.15) is 0 Å². The van der Waals surface area contributed by atoms with E-state index in [0.29, 0.717) is 0 Å². The Labute approximate surface area is 269 Å². The molecule has 1 unspecified atom stereocenters. The third kappa shape index (κ3) is 4.32. The average Bonchev–Trinajstić information content (AvgIpc) is 3.13. The molecule has 6 aromatic carbocycles. The number of hydrogen-bond acceptors (Lipinski definition) is 3. The van der Waals surface area contributed by atoms with Crippen LogP contribution in [0, 0.1) is 0 Å². The highest BCUT2D eigenvalue weighted by Crippen LogP contribution is 2.48. The van der Waals surface area contributed by atoms with E-state index in [1.807, 2.05) is 12.3 Å². The van der Waals surface area contributed by atoms with Crippen LogP contribution in [0.4, 0.5) is 28.6 Å². The molecule has 2 aliphatic rings. The number of rotatable bonds is 6. The Bertz CT molecular complexity index is 2250. The number of benzene rings is 6. The van der Waals surface area contributed by atoms with Crippen molar-refractivity contribution in [2.45, 2.75) is 12.5 Å². The molecule has 0 aliphatic heterocycles. The first-order valence-electron chi connectivity index (χ1n) is 15.9. The second kappa shape index (κ2) is 10.9. The third-order valence-electron chi connectivity index (χ3n) is 9.34. The number of hydrogen-bond donors (Lipinski definition) is 0. The van der Waals surface area contributed by atoms with E-state index in [1.54, 1.807) is 0 Å². The maximum atomic E-state index is 4.82. The van der Waals surface area contributed by atoms with Gasteiger partial charge in [0.1, 0.15) is 5.82 Å². The Hall–Kier alpha value is -5.93. The fourth-order valence-corrected chi connectivity index (χ4v) is 7.29. The fourth-order valence-electron chi connectivity index (χ4n) is 7.29. The number of allylic oxidation sites excluding steroid dienone is 1. The second-order valence-corrected chi connectivity index (χ2v) is 12.0. The lowest BCUT2D eigenvalue weighted by atomic mass is 9.78. The SMILES string of the molecule is C1=CC(N(c2ccccc2)c2ccccn2)C2=CCc3ccc(N(c4ccccc4)c4ccc5ccccc5c4)c4ccc1c2c34. The molecule has 2 aliphatic carbocycles. The molecule has 218 valence electrons. The molecule has 0 radical (unpaired) electrons. The Balaban J connectivity index is 1.24. The largest absolute Gasteiger partial charge is 0.315 e. The summed E-state index contributed by atoms with van der Waals surface area (Å²) >= 11 is 0. The molecule has 0 amide bonds. The lowest BCUT2D eigenvalue weighted by molar-refractivity contribution is 0.926. The Morgan fingerprint density at radius 3 is 2.17 bits per heavy atom. The van der Waals surface area contributed by atoms with E-state index in [-0.39, 0.29) is 6.04 Å². The minimum absolute atomic E-state index is 0.0120. The van der Waals surface area contributed by atoms with Crippen molar-refractivity contribution in [3.8, 4) is 0 Å². The molecule has 9 rings (SSSR count). The van der Waals surface area contributed by atoms with Crippen LogP contribution in [-0.4, -0.2) is 11.0 Å². The predicted molar refractivity (Wildman–Crippen MR) is 193 cm³/mol. The van der Waals surface area contributed by atoms with Crippen molar-refractivity contribution in [3.05, 3.63) is 181 Å². The molecule has 0 saturated heterocycles. The summed E-state index contributed by atoms with van der Waals surface area (Å²) in [4.78, 5) is 9.60. The van der Waals surface area contributed by atoms with E-state index in [4.69, 9.17) is 4.98 Å². The quantitative estimate of drug-likeness (QED) is 0.192. The van der Waals surface area contributed by atoms with Crippen LogP contribution >= 0.6 is 0 Å². The van der Waals surface area contributed by atoms with Crippen molar-refractivity contribution in [1.82, 2.24) is 4.98 Å². The number of anilines is 5. The van der Waals surface area contributed by atoms with Crippen LogP contribution < -0.4 is 9.80 Å². The van der Waals surface area contributed by atoms with Crippen LogP contribution in [-0.2, 0) is 6.42 Å². The van der Waals surface area contributed by atoms with Gasteiger partial charge in [0, 0.05) is 28.6 Å². The first kappa shape index (κ1) is 26.5. The monoisotopic (exact) mass is 589 g/mol. The third-order valence-corrected chi connectivity index (χ3v) is 9.34. The number of nitrogens with zero attached hydrogens (tertiary/aromatic N) is 3. The van der Waals surface area contributed by atoms with Gasteiger partial charge in [-0.25, -0.2) is 4.98 Å². The number of aromatic nitrogens is 1. The van der Waals surface area contributed by atoms with Gasteiger partial charge in [-0.15, -0.1) is 0 Å². The maximum Gasteiger partial charge on any atom is 0.133 e. The molecule has 3 heteroatoms. The maximum absolute atomic E-state index is 4.82. The van der Waals surface area contributed by atoms with Gasteiger partial charge < -0.3 is 9.80 Å². The Kier molecular flexibility index (Phi) is 6.27. The summed E-state index contributed by atoms with van der Waals surface area (Å²) in [7, 11) is 0. The van der Waals surface area contributed by atoms with Gasteiger partial charge in [-0.1, -0.05) is 109 Å². The van der Waals surface area contributed by atoms with Crippen LogP contribution in [0.1, 0.15) is 16.7 Å². The summed E-state index contributed by atoms with van der Waals surface area (Å²) in [6, 6.07) is 52.2. The van der Waals surface area contributed by atoms with E-state index in [0.717, 1.165) is 29.3 Å². The fraction of sp³-hybridized carbons (Fsp3) is 0.0465. The van der Waals surface area contributed by atoms with Crippen LogP contribution in [0.3, 0.4) is 0 Å². The Morgan fingerprint density at radius 1 is 0.609 bits per heavy atom. The predicted octanol–water partition coefficient (Wildman–Crippen LogP) is 11.0. The number of para-hydroxylation sites is 2. The van der Waals surface area contributed by atoms with Gasteiger partial charge in [0.25, 0.3) is 0 Å². The van der Waals surface area contributed by atoms with Crippen molar-refractivity contribution in [2.24, 2.45) is 0 Å². The minimum Gasteiger partial charge on any atom is -0.315 e. The summed E-state index contributed by atoms with van der Waals surface area (Å²) in [6.45, 7) is 0. The number of fused-ring (bicyclic) bond motifs is 1. The standard InChI is InChI=1S/C43H31N3/c1-3-13-34(14-4-1)45(36-23-18-30-11-7-8-12-33(30)29-36)39-26-21-31-20-25-38-40(27-22-32-19-24-37(39)42(31)43(32)38)46(35-15-5-2-6-16-35)41-17-9-10-28-44-41/h1-19,21-29,40H,20H2. The molecule has 3 nitrogen and oxygen atoms in total. The molecule has 0 saturated carbocycles. The zero-order valence-electron chi connectivity index (χ0n) is 25.3. The molecule has 1 heterocycles. The van der Waals surface area contributed by atoms with Crippen molar-refractivity contribution in [1.29, 1.82) is 0 Å². The molecule has 1 atom stereocenters. The summed E-state index contributed by atoms with van der Waals surface area (Å²) < 4.78 is 0. The highest BCUT2D eigenvalue weighted by atomic mass is 15.2. The first-order valence-corrected chi connectivity index (χ1v) is 15.9. The van der Waals surface area contributed by atoms with Crippen LogP contribution in [0.25, 0.3) is 33.2 Å². The van der Waals surface area contributed by atoms with Crippen LogP contribution in [0.5, 0.6) is 0 Å². The summed E-state index contributed by atoms with van der Waals surface area (Å²) in [5.41, 5.74) is 9.88. The van der Waals surface area contributed by atoms with Gasteiger partial charge in [0.15, 0.2) is 0 Å². The smallest absolute Gasteiger partial charge is 0.133 e. The van der Waals surface area contributed by atoms with E-state index < -0.39 is 0 Å². The molecule has 0 fully saturated rings. The Morgan fingerprint density at radius 2 is 1.37 bits per heavy atom. The molecule has 46 heavy (non-hydrogen) atoms. The average molecular weight is 590 g/mol. The minimum atomic E-state index is 0.0120. The molecule has 1 aromatic heterocycles. The second-order valence-electron chi connectivity index (χ2n) is 12.0. The first-order chi connectivity index (χ1) is 22.8. The van der Waals surface area contributed by atoms with E-state index >= 15 is 0 Å². The molecule has 0 N–H and O–H groups in total. The van der Waals surface area contributed by atoms with Crippen molar-refractivity contribution in [2.75, 3.05) is 9.80 Å². The molecule has 0 spiro atoms. The van der Waals surface area contributed by atoms with E-state index in [1.165, 1.54) is 49.5 Å². The molecule has 0 bridgehead atoms. The van der Waals surface area contributed by atoms with Gasteiger partial charge in [0.05, 0.1) is 11.7 Å². The molecular weight excluding hydrogens is 558 g/mol. The van der Waals surface area contributed by atoms with Crippen molar-refractivity contribution in [3.63, 3.8) is 0 Å². The topological polar surface area (TPSA) is 19.4 Å². The summed E-state index contributed by atoms with van der Waals surface area (Å²) in [5.74, 6) is 0.936. The highest BCUT2D eigenvalue weighted by molar-refractivity contribution is 6.10. The summed E-state index contributed by atoms with van der Waals surface area (Å²) in [6.07, 6.45) is 9.84. The van der Waals surface area contributed by atoms with Gasteiger partial charge in [0.2, 0.25) is 0 Å². The van der Waals surface area contributed by atoms with Crippen LogP contribution in [0.15, 0.2) is 164 Å². The molecular formula is C43H31N3. The summed E-state index contributed by atoms with van der Waals surface area (Å²) in [5, 5.41) is 5.08.